The number of nitrogens with two attached hydrogens (primary N) is 1. The SMILES string of the molecule is C=C(CCCCCCC(=[NH2+])OC)OC. The van der Waals surface area contributed by atoms with Crippen molar-refractivity contribution in [3.63, 3.8) is 0 Å². The summed E-state index contributed by atoms with van der Waals surface area (Å²) in [6.07, 6.45) is 6.43. The first-order chi connectivity index (χ1) is 6.70. The van der Waals surface area contributed by atoms with Crippen LogP contribution in [0.4, 0.5) is 0 Å². The zero-order valence-electron chi connectivity index (χ0n) is 9.34. The van der Waals surface area contributed by atoms with Crippen molar-refractivity contribution < 1.29 is 14.9 Å². The molecule has 0 aliphatic rings. The van der Waals surface area contributed by atoms with Gasteiger partial charge in [-0.25, -0.2) is 5.41 Å². The molecule has 0 aromatic rings. The Bertz CT molecular complexity index is 158. The van der Waals surface area contributed by atoms with Crippen molar-refractivity contribution in [2.24, 2.45) is 0 Å². The van der Waals surface area contributed by atoms with Gasteiger partial charge in [-0.3, -0.25) is 0 Å². The molecule has 0 amide bonds. The van der Waals surface area contributed by atoms with Crippen molar-refractivity contribution in [3.8, 4) is 0 Å². The predicted octanol–water partition coefficient (Wildman–Crippen LogP) is 1.29. The van der Waals surface area contributed by atoms with Gasteiger partial charge in [0.25, 0.3) is 0 Å². The fourth-order valence-corrected chi connectivity index (χ4v) is 1.18. The molecule has 0 aliphatic carbocycles. The molecule has 0 saturated carbocycles. The smallest absolute Gasteiger partial charge is 0.332 e. The van der Waals surface area contributed by atoms with Gasteiger partial charge in [-0.15, -0.1) is 0 Å². The minimum Gasteiger partial charge on any atom is -0.502 e. The quantitative estimate of drug-likeness (QED) is 0.278. The summed E-state index contributed by atoms with van der Waals surface area (Å²) in [7, 11) is 3.27. The zero-order chi connectivity index (χ0) is 10.8. The van der Waals surface area contributed by atoms with Gasteiger partial charge in [0.05, 0.1) is 26.4 Å². The molecule has 0 atom stereocenters. The summed E-state index contributed by atoms with van der Waals surface area (Å²) in [6, 6.07) is 0. The van der Waals surface area contributed by atoms with Gasteiger partial charge in [-0.2, -0.15) is 0 Å². The van der Waals surface area contributed by atoms with Crippen LogP contribution in [0.1, 0.15) is 38.5 Å². The summed E-state index contributed by atoms with van der Waals surface area (Å²) in [5.74, 6) is 1.50. The topological polar surface area (TPSA) is 44.0 Å². The van der Waals surface area contributed by atoms with E-state index in [2.05, 4.69) is 6.58 Å². The van der Waals surface area contributed by atoms with Gasteiger partial charge in [-0.1, -0.05) is 19.4 Å². The molecule has 0 aromatic heterocycles. The third kappa shape index (κ3) is 7.65. The van der Waals surface area contributed by atoms with E-state index in [1.807, 2.05) is 0 Å². The molecule has 0 rings (SSSR count). The lowest BCUT2D eigenvalue weighted by Crippen LogP contribution is -2.40. The minimum atomic E-state index is 0.631. The van der Waals surface area contributed by atoms with Crippen LogP contribution in [0.5, 0.6) is 0 Å². The Morgan fingerprint density at radius 3 is 2.07 bits per heavy atom. The number of rotatable bonds is 8. The second kappa shape index (κ2) is 8.60. The molecule has 0 spiro atoms. The van der Waals surface area contributed by atoms with Crippen LogP contribution in [0, 0.1) is 0 Å². The molecule has 0 bridgehead atoms. The Balaban J connectivity index is 3.14. The Labute approximate surface area is 86.6 Å². The third-order valence-electron chi connectivity index (χ3n) is 2.18. The van der Waals surface area contributed by atoms with Gasteiger partial charge in [-0.05, 0) is 12.8 Å². The molecule has 0 radical (unpaired) electrons. The van der Waals surface area contributed by atoms with Crippen molar-refractivity contribution in [1.29, 1.82) is 0 Å². The Hall–Kier alpha value is -0.990. The van der Waals surface area contributed by atoms with Crippen LogP contribution in [0.2, 0.25) is 0 Å². The third-order valence-corrected chi connectivity index (χ3v) is 2.18. The standard InChI is InChI=1S/C11H21NO2/c1-10(13-2)8-6-4-5-7-9-11(12)14-3/h12H,1,4-9H2,2-3H3/p+1. The summed E-state index contributed by atoms with van der Waals surface area (Å²) < 4.78 is 9.85. The number of allylic oxidation sites excluding steroid dienone is 1. The molecule has 3 nitrogen and oxygen atoms in total. The van der Waals surface area contributed by atoms with Crippen molar-refractivity contribution in [1.82, 2.24) is 0 Å². The summed E-state index contributed by atoms with van der Waals surface area (Å²) in [5.41, 5.74) is 0. The molecule has 0 fully saturated rings. The van der Waals surface area contributed by atoms with E-state index in [9.17, 15) is 0 Å². The average molecular weight is 200 g/mol. The van der Waals surface area contributed by atoms with E-state index in [0.29, 0.717) is 5.90 Å². The van der Waals surface area contributed by atoms with Crippen molar-refractivity contribution in [3.05, 3.63) is 12.3 Å². The Morgan fingerprint density at radius 2 is 1.57 bits per heavy atom. The van der Waals surface area contributed by atoms with Crippen molar-refractivity contribution in [2.75, 3.05) is 14.2 Å². The highest BCUT2D eigenvalue weighted by Gasteiger charge is 2.00. The highest BCUT2D eigenvalue weighted by Crippen LogP contribution is 2.09. The van der Waals surface area contributed by atoms with E-state index >= 15 is 0 Å². The highest BCUT2D eigenvalue weighted by atomic mass is 16.5. The summed E-state index contributed by atoms with van der Waals surface area (Å²) in [6.45, 7) is 3.77. The average Bonchev–Trinajstić information content (AvgIpc) is 2.22. The van der Waals surface area contributed by atoms with Gasteiger partial charge in [0.15, 0.2) is 0 Å². The van der Waals surface area contributed by atoms with E-state index in [4.69, 9.17) is 14.9 Å². The molecule has 14 heavy (non-hydrogen) atoms. The van der Waals surface area contributed by atoms with Crippen LogP contribution in [0.25, 0.3) is 0 Å². The first-order valence-corrected chi connectivity index (χ1v) is 5.07. The maximum Gasteiger partial charge on any atom is 0.332 e. The zero-order valence-corrected chi connectivity index (χ0v) is 9.34. The molecule has 0 saturated heterocycles. The number of hydrogen-bond acceptors (Lipinski definition) is 2. The summed E-state index contributed by atoms with van der Waals surface area (Å²) in [4.78, 5) is 0. The fraction of sp³-hybridized carbons (Fsp3) is 0.727. The van der Waals surface area contributed by atoms with Crippen LogP contribution in [-0.2, 0) is 9.47 Å². The predicted molar refractivity (Wildman–Crippen MR) is 57.8 cm³/mol. The second-order valence-corrected chi connectivity index (χ2v) is 3.33. The number of methoxy groups -OCH3 is 2. The number of ether oxygens (including phenoxy) is 2. The first-order valence-electron chi connectivity index (χ1n) is 5.07. The van der Waals surface area contributed by atoms with Gasteiger partial charge < -0.3 is 9.47 Å². The lowest BCUT2D eigenvalue weighted by atomic mass is 10.1. The van der Waals surface area contributed by atoms with E-state index in [-0.39, 0.29) is 0 Å². The minimum absolute atomic E-state index is 0.631. The fourth-order valence-electron chi connectivity index (χ4n) is 1.18. The van der Waals surface area contributed by atoms with Gasteiger partial charge in [0.1, 0.15) is 0 Å². The van der Waals surface area contributed by atoms with Gasteiger partial charge in [0, 0.05) is 6.42 Å². The normalized spacial score (nSPS) is 9.57. The van der Waals surface area contributed by atoms with E-state index in [1.165, 1.54) is 12.8 Å². The molecule has 82 valence electrons. The van der Waals surface area contributed by atoms with Gasteiger partial charge in [0.2, 0.25) is 0 Å². The maximum absolute atomic E-state index is 5.52. The molecule has 3 heteroatoms. The van der Waals surface area contributed by atoms with Crippen molar-refractivity contribution >= 4 is 5.90 Å². The van der Waals surface area contributed by atoms with Crippen LogP contribution < -0.4 is 5.41 Å². The van der Waals surface area contributed by atoms with E-state index in [0.717, 1.165) is 31.4 Å². The maximum atomic E-state index is 5.52. The largest absolute Gasteiger partial charge is 0.502 e. The van der Waals surface area contributed by atoms with Crippen LogP contribution in [0.3, 0.4) is 0 Å². The second-order valence-electron chi connectivity index (χ2n) is 3.33. The molecule has 0 unspecified atom stereocenters. The number of hydrogen-bond donors (Lipinski definition) is 1. The Morgan fingerprint density at radius 1 is 1.00 bits per heavy atom. The summed E-state index contributed by atoms with van der Waals surface area (Å²) in [5, 5.41) is 5.52. The molecule has 0 aromatic carbocycles. The summed E-state index contributed by atoms with van der Waals surface area (Å²) >= 11 is 0. The monoisotopic (exact) mass is 200 g/mol. The lowest BCUT2D eigenvalue weighted by Gasteiger charge is -2.03. The first kappa shape index (κ1) is 13.0. The van der Waals surface area contributed by atoms with Crippen LogP contribution in [-0.4, -0.2) is 20.1 Å². The van der Waals surface area contributed by atoms with E-state index < -0.39 is 0 Å². The highest BCUT2D eigenvalue weighted by molar-refractivity contribution is 5.68. The van der Waals surface area contributed by atoms with Crippen LogP contribution >= 0.6 is 0 Å². The van der Waals surface area contributed by atoms with Gasteiger partial charge >= 0.3 is 5.90 Å². The molecular formula is C11H22NO2+. The molecular weight excluding hydrogens is 178 g/mol. The van der Waals surface area contributed by atoms with Crippen LogP contribution in [0.15, 0.2) is 12.3 Å². The van der Waals surface area contributed by atoms with E-state index in [1.54, 1.807) is 14.2 Å². The molecule has 0 aliphatic heterocycles. The number of unbranched alkanes of at least 4 members (excludes halogenated alkanes) is 3. The van der Waals surface area contributed by atoms with Crippen molar-refractivity contribution in [2.45, 2.75) is 38.5 Å². The molecule has 2 N–H and O–H groups in total. The Kier molecular flexibility index (Phi) is 7.99. The molecule has 0 heterocycles. The lowest BCUT2D eigenvalue weighted by molar-refractivity contribution is -0.140.